The number of ether oxygens (including phenoxy) is 3. The van der Waals surface area contributed by atoms with Crippen molar-refractivity contribution in [1.29, 1.82) is 0 Å². The lowest BCUT2D eigenvalue weighted by molar-refractivity contribution is -0.0972. The first-order valence-electron chi connectivity index (χ1n) is 5.28. The molecule has 1 aromatic rings. The van der Waals surface area contributed by atoms with Gasteiger partial charge in [0.15, 0.2) is 5.75 Å². The molecule has 0 saturated carbocycles. The molecule has 0 bridgehead atoms. The maximum Gasteiger partial charge on any atom is 0.225 e. The van der Waals surface area contributed by atoms with Crippen LogP contribution in [0, 0.1) is 15.6 Å². The first kappa shape index (κ1) is 14.2. The molecule has 0 aliphatic carbocycles. The number of hydrogen-bond acceptors (Lipinski definition) is 4. The van der Waals surface area contributed by atoms with Gasteiger partial charge < -0.3 is 14.2 Å². The number of halogens is 1. The summed E-state index contributed by atoms with van der Waals surface area (Å²) >= 11 is 2.16. The second-order valence-electron chi connectivity index (χ2n) is 2.90. The highest BCUT2D eigenvalue weighted by Gasteiger charge is 2.02. The minimum absolute atomic E-state index is 0.542. The second kappa shape index (κ2) is 8.28. The van der Waals surface area contributed by atoms with Gasteiger partial charge in [0.2, 0.25) is 6.29 Å². The summed E-state index contributed by atoms with van der Waals surface area (Å²) in [6.07, 6.45) is 5.34. The van der Waals surface area contributed by atoms with Crippen molar-refractivity contribution in [3.05, 3.63) is 22.0 Å². The molecule has 0 radical (unpaired) electrons. The Bertz CT molecular complexity index is 394. The highest BCUT2D eigenvalue weighted by molar-refractivity contribution is 14.1. The minimum atomic E-state index is -0.542. The van der Waals surface area contributed by atoms with E-state index in [2.05, 4.69) is 39.6 Å². The van der Waals surface area contributed by atoms with Gasteiger partial charge in [-0.25, -0.2) is 0 Å². The summed E-state index contributed by atoms with van der Waals surface area (Å²) in [5, 5.41) is 0. The van der Waals surface area contributed by atoms with Crippen LogP contribution in [0.4, 0.5) is 0 Å². The van der Waals surface area contributed by atoms with Gasteiger partial charge in [0.25, 0.3) is 0 Å². The summed E-state index contributed by atoms with van der Waals surface area (Å²) in [7, 11) is 0. The minimum Gasteiger partial charge on any atom is -0.405 e. The van der Waals surface area contributed by atoms with Crippen LogP contribution in [0.2, 0.25) is 0 Å². The Labute approximate surface area is 115 Å². The average Bonchev–Trinajstić information content (AvgIpc) is 2.32. The van der Waals surface area contributed by atoms with Crippen molar-refractivity contribution in [2.24, 2.45) is 0 Å². The summed E-state index contributed by atoms with van der Waals surface area (Å²) < 4.78 is 16.7. The number of hydrogen-bond donors (Lipinski definition) is 0. The van der Waals surface area contributed by atoms with E-state index < -0.39 is 6.29 Å². The number of pyridine rings is 1. The van der Waals surface area contributed by atoms with Crippen LogP contribution in [0.15, 0.2) is 18.5 Å². The van der Waals surface area contributed by atoms with E-state index in [1.807, 2.05) is 19.9 Å². The Hall–Kier alpha value is -0.840. The van der Waals surface area contributed by atoms with Crippen molar-refractivity contribution in [3.8, 4) is 17.8 Å². The van der Waals surface area contributed by atoms with E-state index in [0.29, 0.717) is 19.0 Å². The van der Waals surface area contributed by atoms with E-state index in [1.54, 1.807) is 12.4 Å². The fourth-order valence-electron chi connectivity index (χ4n) is 1.00. The van der Waals surface area contributed by atoms with Crippen LogP contribution in [0.1, 0.15) is 13.8 Å². The lowest BCUT2D eigenvalue weighted by Crippen LogP contribution is -2.15. The molecule has 0 amide bonds. The predicted octanol–water partition coefficient (Wildman–Crippen LogP) is 2.43. The van der Waals surface area contributed by atoms with Crippen LogP contribution in [0.3, 0.4) is 0 Å². The lowest BCUT2D eigenvalue weighted by atomic mass is 10.5. The average molecular weight is 347 g/mol. The van der Waals surface area contributed by atoms with Crippen molar-refractivity contribution in [3.63, 3.8) is 0 Å². The summed E-state index contributed by atoms with van der Waals surface area (Å²) in [6.45, 7) is 4.87. The molecule has 4 nitrogen and oxygen atoms in total. The first-order valence-corrected chi connectivity index (χ1v) is 6.35. The molecule has 92 valence electrons. The van der Waals surface area contributed by atoms with Crippen LogP contribution in [-0.4, -0.2) is 24.5 Å². The third kappa shape index (κ3) is 5.35. The van der Waals surface area contributed by atoms with Crippen molar-refractivity contribution in [2.45, 2.75) is 20.1 Å². The Kier molecular flexibility index (Phi) is 6.93. The highest BCUT2D eigenvalue weighted by Crippen LogP contribution is 2.17. The Morgan fingerprint density at radius 3 is 2.65 bits per heavy atom. The van der Waals surface area contributed by atoms with Gasteiger partial charge in [-0.15, -0.1) is 0 Å². The summed E-state index contributed by atoms with van der Waals surface area (Å²) in [5.41, 5.74) is 0. The van der Waals surface area contributed by atoms with Gasteiger partial charge in [0.05, 0.1) is 9.77 Å². The predicted molar refractivity (Wildman–Crippen MR) is 72.4 cm³/mol. The van der Waals surface area contributed by atoms with Crippen molar-refractivity contribution >= 4 is 22.6 Å². The molecule has 1 aromatic heterocycles. The van der Waals surface area contributed by atoms with Crippen molar-refractivity contribution < 1.29 is 14.2 Å². The second-order valence-corrected chi connectivity index (χ2v) is 4.06. The molecule has 0 aliphatic heterocycles. The molecule has 1 rings (SSSR count). The van der Waals surface area contributed by atoms with E-state index in [-0.39, 0.29) is 0 Å². The number of nitrogens with zero attached hydrogens (tertiary/aromatic N) is 1. The van der Waals surface area contributed by atoms with Gasteiger partial charge in [0, 0.05) is 25.3 Å². The van der Waals surface area contributed by atoms with Crippen LogP contribution < -0.4 is 4.74 Å². The van der Waals surface area contributed by atoms with Gasteiger partial charge in [-0.2, -0.15) is 0 Å². The zero-order valence-electron chi connectivity index (χ0n) is 9.77. The Morgan fingerprint density at radius 2 is 2.06 bits per heavy atom. The lowest BCUT2D eigenvalue weighted by Gasteiger charge is -2.09. The molecule has 0 aromatic carbocycles. The Morgan fingerprint density at radius 1 is 1.35 bits per heavy atom. The van der Waals surface area contributed by atoms with Crippen LogP contribution in [0.5, 0.6) is 5.75 Å². The third-order valence-electron chi connectivity index (χ3n) is 1.71. The molecule has 0 unspecified atom stereocenters. The Balaban J connectivity index is 2.56. The molecule has 0 spiro atoms. The largest absolute Gasteiger partial charge is 0.405 e. The van der Waals surface area contributed by atoms with Crippen molar-refractivity contribution in [1.82, 2.24) is 4.98 Å². The summed E-state index contributed by atoms with van der Waals surface area (Å²) in [5.74, 6) is 3.38. The molecule has 0 saturated heterocycles. The monoisotopic (exact) mass is 347 g/mol. The van der Waals surface area contributed by atoms with Gasteiger partial charge in [-0.3, -0.25) is 4.98 Å². The molecule has 17 heavy (non-hydrogen) atoms. The standard InChI is InChI=1S/C12H14INO3/c1-3-15-12(16-4-2)6-8-17-11-9-14-7-5-10(11)13/h5,7,9,12H,3-4H2,1-2H3. The molecule has 0 N–H and O–H groups in total. The van der Waals surface area contributed by atoms with E-state index in [0.717, 1.165) is 3.57 Å². The number of aromatic nitrogens is 1. The van der Waals surface area contributed by atoms with Crippen molar-refractivity contribution in [2.75, 3.05) is 13.2 Å². The SMILES string of the molecule is CCOC(C#COc1cnccc1I)OCC. The normalized spacial score (nSPS) is 9.88. The van der Waals surface area contributed by atoms with E-state index >= 15 is 0 Å². The maximum absolute atomic E-state index is 5.27. The van der Waals surface area contributed by atoms with Crippen LogP contribution in [-0.2, 0) is 9.47 Å². The summed E-state index contributed by atoms with van der Waals surface area (Å²) in [4.78, 5) is 3.96. The van der Waals surface area contributed by atoms with Gasteiger partial charge in [-0.1, -0.05) is 0 Å². The molecular weight excluding hydrogens is 333 g/mol. The highest BCUT2D eigenvalue weighted by atomic mass is 127. The molecule has 0 atom stereocenters. The first-order chi connectivity index (χ1) is 8.27. The summed E-state index contributed by atoms with van der Waals surface area (Å²) in [6, 6.07) is 1.85. The zero-order valence-corrected chi connectivity index (χ0v) is 11.9. The van der Waals surface area contributed by atoms with E-state index in [4.69, 9.17) is 14.2 Å². The van der Waals surface area contributed by atoms with Gasteiger partial charge in [0.1, 0.15) is 6.11 Å². The fourth-order valence-corrected chi connectivity index (χ4v) is 1.42. The number of rotatable bonds is 5. The smallest absolute Gasteiger partial charge is 0.225 e. The molecule has 0 fully saturated rings. The molecular formula is C12H14INO3. The quantitative estimate of drug-likeness (QED) is 0.466. The topological polar surface area (TPSA) is 40.6 Å². The third-order valence-corrected chi connectivity index (χ3v) is 2.60. The zero-order chi connectivity index (χ0) is 12.5. The molecule has 5 heteroatoms. The molecule has 0 aliphatic rings. The van der Waals surface area contributed by atoms with E-state index in [9.17, 15) is 0 Å². The maximum atomic E-state index is 5.27. The van der Waals surface area contributed by atoms with Crippen LogP contribution >= 0.6 is 22.6 Å². The van der Waals surface area contributed by atoms with Gasteiger partial charge in [-0.05, 0) is 42.5 Å². The van der Waals surface area contributed by atoms with E-state index in [1.165, 1.54) is 0 Å². The molecule has 1 heterocycles. The fraction of sp³-hybridized carbons (Fsp3) is 0.417. The van der Waals surface area contributed by atoms with Gasteiger partial charge >= 0.3 is 0 Å². The van der Waals surface area contributed by atoms with Crippen LogP contribution in [0.25, 0.3) is 0 Å².